The molecule has 17 heteroatoms. The third-order valence-electron chi connectivity index (χ3n) is 4.99. The molecule has 1 aromatic heterocycles. The van der Waals surface area contributed by atoms with Gasteiger partial charge in [0.25, 0.3) is 5.56 Å². The summed E-state index contributed by atoms with van der Waals surface area (Å²) in [5.74, 6) is -0.559. The zero-order valence-electron chi connectivity index (χ0n) is 17.0. The van der Waals surface area contributed by atoms with Crippen LogP contribution in [0.4, 0.5) is 0 Å². The second-order valence-electron chi connectivity index (χ2n) is 7.27. The monoisotopic (exact) mass is 514 g/mol. The molecule has 0 aliphatic carbocycles. The van der Waals surface area contributed by atoms with Crippen LogP contribution in [0.3, 0.4) is 0 Å². The molecule has 0 bridgehead atoms. The second-order valence-corrected chi connectivity index (χ2v) is 8.94. The van der Waals surface area contributed by atoms with Crippen molar-refractivity contribution in [1.82, 2.24) is 9.55 Å². The van der Waals surface area contributed by atoms with Gasteiger partial charge in [0.1, 0.15) is 42.7 Å². The molecule has 2 aliphatic heterocycles. The van der Waals surface area contributed by atoms with Crippen LogP contribution in [-0.4, -0.2) is 96.5 Å². The highest BCUT2D eigenvalue weighted by molar-refractivity contribution is 7.40. The molecular weight excluding hydrogens is 490 g/mol. The van der Waals surface area contributed by atoms with E-state index in [-0.39, 0.29) is 6.61 Å². The molecule has 0 aromatic carbocycles. The van der Waals surface area contributed by atoms with Gasteiger partial charge in [-0.15, -0.1) is 0 Å². The fourth-order valence-electron chi connectivity index (χ4n) is 3.24. The number of hydrogen-bond donors (Lipinski definition) is 6. The van der Waals surface area contributed by atoms with E-state index in [1.807, 2.05) is 4.98 Å². The average molecular weight is 514 g/mol. The van der Waals surface area contributed by atoms with Gasteiger partial charge in [0.2, 0.25) is 0 Å². The predicted octanol–water partition coefficient (Wildman–Crippen LogP) is -3.38. The average Bonchev–Trinajstić information content (AvgIpc) is 3.04. The van der Waals surface area contributed by atoms with E-state index in [2.05, 4.69) is 0 Å². The number of ketones is 1. The van der Waals surface area contributed by atoms with E-state index in [0.29, 0.717) is 0 Å². The predicted molar refractivity (Wildman–Crippen MR) is 109 cm³/mol. The standard InChI is InChI=1S/C16H24N2O13P2/c1-5(19)13-10(23)9(22)12(25)15(29-13)30-33-31-32-27-4-6-8(21)11(24)14(28-6)18-3-2-7(20)17-16(18)26/h2-3,6,8-15,21-25,32-33H,4H2,1H3,(H,17,20,26). The number of rotatable bonds is 9. The number of aromatic nitrogens is 2. The maximum absolute atomic E-state index is 11.9. The zero-order chi connectivity index (χ0) is 24.3. The molecule has 6 N–H and O–H groups in total. The minimum atomic E-state index is -1.66. The molecule has 2 fully saturated rings. The van der Waals surface area contributed by atoms with E-state index >= 15 is 0 Å². The van der Waals surface area contributed by atoms with Crippen molar-refractivity contribution in [3.63, 3.8) is 0 Å². The van der Waals surface area contributed by atoms with Crippen LogP contribution >= 0.6 is 18.1 Å². The van der Waals surface area contributed by atoms with Gasteiger partial charge >= 0.3 is 5.69 Å². The van der Waals surface area contributed by atoms with Crippen LogP contribution < -0.4 is 11.2 Å². The van der Waals surface area contributed by atoms with Crippen LogP contribution in [0, 0.1) is 0 Å². The van der Waals surface area contributed by atoms with Crippen molar-refractivity contribution >= 4 is 23.9 Å². The number of H-pyrrole nitrogens is 1. The zero-order valence-corrected chi connectivity index (χ0v) is 19.0. The van der Waals surface area contributed by atoms with Crippen LogP contribution in [0.1, 0.15) is 13.2 Å². The lowest BCUT2D eigenvalue weighted by Gasteiger charge is -2.38. The van der Waals surface area contributed by atoms with Crippen molar-refractivity contribution in [2.24, 2.45) is 0 Å². The normalized spacial score (nSPS) is 37.5. The first kappa shape index (κ1) is 26.4. The highest BCUT2D eigenvalue weighted by atomic mass is 31.2. The van der Waals surface area contributed by atoms with E-state index in [0.717, 1.165) is 23.8 Å². The largest absolute Gasteiger partial charge is 0.387 e. The van der Waals surface area contributed by atoms with Crippen molar-refractivity contribution in [2.45, 2.75) is 62.2 Å². The molecule has 0 radical (unpaired) electrons. The first-order valence-corrected chi connectivity index (χ1v) is 11.2. The number of aliphatic hydroxyl groups is 5. The van der Waals surface area contributed by atoms with Gasteiger partial charge in [0, 0.05) is 12.3 Å². The molecule has 33 heavy (non-hydrogen) atoms. The molecule has 2 aliphatic rings. The van der Waals surface area contributed by atoms with Gasteiger partial charge in [0.15, 0.2) is 36.4 Å². The van der Waals surface area contributed by atoms with Crippen molar-refractivity contribution < 1.29 is 53.2 Å². The first-order valence-electron chi connectivity index (χ1n) is 9.58. The third-order valence-corrected chi connectivity index (χ3v) is 6.27. The summed E-state index contributed by atoms with van der Waals surface area (Å²) in [7, 11) is -1.37. The molecule has 3 rings (SSSR count). The van der Waals surface area contributed by atoms with E-state index in [9.17, 15) is 39.9 Å². The van der Waals surface area contributed by atoms with Gasteiger partial charge in [-0.1, -0.05) is 0 Å². The SMILES string of the molecule is CC(=O)C1OC(OPOPOCC2OC(n3ccc(=O)[nH]c3=O)C(O)C2O)C(O)C(O)C1O. The van der Waals surface area contributed by atoms with Gasteiger partial charge < -0.3 is 44.1 Å². The van der Waals surface area contributed by atoms with Gasteiger partial charge in [-0.3, -0.25) is 23.5 Å². The number of ether oxygens (including phenoxy) is 2. The van der Waals surface area contributed by atoms with Crippen LogP contribution in [0.25, 0.3) is 0 Å². The highest BCUT2D eigenvalue weighted by Crippen LogP contribution is 2.35. The minimum absolute atomic E-state index is 0.227. The Morgan fingerprint density at radius 3 is 2.45 bits per heavy atom. The van der Waals surface area contributed by atoms with Gasteiger partial charge in [-0.25, -0.2) is 4.79 Å². The number of carbonyl (C=O) groups is 1. The molecule has 11 atom stereocenters. The Labute approximate surface area is 189 Å². The number of carbonyl (C=O) groups excluding carboxylic acids is 1. The van der Waals surface area contributed by atoms with E-state index < -0.39 is 90.3 Å². The number of hydrogen-bond acceptors (Lipinski definition) is 13. The maximum Gasteiger partial charge on any atom is 0.330 e. The highest BCUT2D eigenvalue weighted by Gasteiger charge is 2.46. The third kappa shape index (κ3) is 6.09. The lowest BCUT2D eigenvalue weighted by molar-refractivity contribution is -0.264. The lowest BCUT2D eigenvalue weighted by Crippen LogP contribution is -2.59. The molecule has 0 amide bonds. The van der Waals surface area contributed by atoms with Crippen LogP contribution in [0.2, 0.25) is 0 Å². The van der Waals surface area contributed by atoms with Crippen LogP contribution in [0.5, 0.6) is 0 Å². The number of Topliss-reactive ketones (excluding diaryl/α,β-unsaturated/α-hetero) is 1. The fraction of sp³-hybridized carbons (Fsp3) is 0.688. The Balaban J connectivity index is 1.42. The Bertz CT molecular complexity index is 928. The lowest BCUT2D eigenvalue weighted by atomic mass is 9.97. The Morgan fingerprint density at radius 2 is 1.79 bits per heavy atom. The molecule has 0 spiro atoms. The van der Waals surface area contributed by atoms with E-state index in [1.165, 1.54) is 0 Å². The molecule has 3 heterocycles. The van der Waals surface area contributed by atoms with E-state index in [4.69, 9.17) is 22.8 Å². The van der Waals surface area contributed by atoms with Gasteiger partial charge in [-0.05, 0) is 6.92 Å². The van der Waals surface area contributed by atoms with Gasteiger partial charge in [-0.2, -0.15) is 0 Å². The number of nitrogens with one attached hydrogen (secondary N) is 1. The summed E-state index contributed by atoms with van der Waals surface area (Å²) in [6.07, 6.45) is -11.6. The summed E-state index contributed by atoms with van der Waals surface area (Å²) >= 11 is 0. The Morgan fingerprint density at radius 1 is 1.06 bits per heavy atom. The second kappa shape index (κ2) is 11.5. The number of aromatic amines is 1. The smallest absolute Gasteiger partial charge is 0.330 e. The molecule has 15 nitrogen and oxygen atoms in total. The van der Waals surface area contributed by atoms with Crippen molar-refractivity contribution in [3.8, 4) is 0 Å². The number of nitrogens with zero attached hydrogens (tertiary/aromatic N) is 1. The quantitative estimate of drug-likeness (QED) is 0.140. The summed E-state index contributed by atoms with van der Waals surface area (Å²) in [5.41, 5.74) is -1.44. The Kier molecular flexibility index (Phi) is 9.20. The maximum atomic E-state index is 11.9. The summed E-state index contributed by atoms with van der Waals surface area (Å²) in [6, 6.07) is 1.06. The molecular formula is C16H24N2O13P2. The van der Waals surface area contributed by atoms with Crippen molar-refractivity contribution in [2.75, 3.05) is 6.61 Å². The summed E-state index contributed by atoms with van der Waals surface area (Å²) in [6.45, 7) is 0.924. The fourth-order valence-corrected chi connectivity index (χ4v) is 4.33. The van der Waals surface area contributed by atoms with E-state index in [1.54, 1.807) is 0 Å². The minimum Gasteiger partial charge on any atom is -0.387 e. The summed E-state index contributed by atoms with van der Waals surface area (Å²) in [5, 5.41) is 49.8. The van der Waals surface area contributed by atoms with Crippen molar-refractivity contribution in [1.29, 1.82) is 0 Å². The van der Waals surface area contributed by atoms with Crippen LogP contribution in [0.15, 0.2) is 21.9 Å². The molecule has 11 unspecified atom stereocenters. The first-order chi connectivity index (χ1) is 15.6. The summed E-state index contributed by atoms with van der Waals surface area (Å²) < 4.78 is 27.0. The molecule has 2 saturated heterocycles. The topological polar surface area (TPSA) is 219 Å². The molecule has 186 valence electrons. The summed E-state index contributed by atoms with van der Waals surface area (Å²) in [4.78, 5) is 36.5. The van der Waals surface area contributed by atoms with Gasteiger partial charge in [0.05, 0.1) is 6.61 Å². The van der Waals surface area contributed by atoms with Crippen LogP contribution in [-0.2, 0) is 27.6 Å². The molecule has 0 saturated carbocycles. The molecule has 1 aromatic rings. The number of aliphatic hydroxyl groups excluding tert-OH is 5. The Hall–Kier alpha value is -1.19. The van der Waals surface area contributed by atoms with Crippen molar-refractivity contribution in [3.05, 3.63) is 33.1 Å².